The van der Waals surface area contributed by atoms with Gasteiger partial charge in [0.2, 0.25) is 0 Å². The van der Waals surface area contributed by atoms with Gasteiger partial charge in [0.05, 0.1) is 0 Å². The van der Waals surface area contributed by atoms with Gasteiger partial charge in [0, 0.05) is 25.1 Å². The largest absolute Gasteiger partial charge is 0.409 e. The van der Waals surface area contributed by atoms with Crippen LogP contribution in [0.15, 0.2) is 29.4 Å². The van der Waals surface area contributed by atoms with E-state index in [0.29, 0.717) is 13.1 Å². The van der Waals surface area contributed by atoms with Crippen molar-refractivity contribution in [3.8, 4) is 0 Å². The molecular weight excluding hydrogens is 237 g/mol. The summed E-state index contributed by atoms with van der Waals surface area (Å²) in [5, 5.41) is 11.3. The molecule has 0 saturated carbocycles. The van der Waals surface area contributed by atoms with Crippen LogP contribution in [0.4, 0.5) is 4.39 Å². The lowest BCUT2D eigenvalue weighted by Gasteiger charge is -2.20. The molecular formula is C12H16FN3O2. The fourth-order valence-corrected chi connectivity index (χ4v) is 1.51. The number of carbonyl (C=O) groups is 1. The molecule has 18 heavy (non-hydrogen) atoms. The number of benzene rings is 1. The first kappa shape index (κ1) is 14.0. The fraction of sp³-hybridized carbons (Fsp3) is 0.333. The van der Waals surface area contributed by atoms with Crippen molar-refractivity contribution in [1.82, 2.24) is 4.90 Å². The molecule has 1 amide bonds. The highest BCUT2D eigenvalue weighted by atomic mass is 19.1. The van der Waals surface area contributed by atoms with E-state index in [1.165, 1.54) is 23.1 Å². The van der Waals surface area contributed by atoms with E-state index in [2.05, 4.69) is 5.16 Å². The summed E-state index contributed by atoms with van der Waals surface area (Å²) in [7, 11) is 0. The van der Waals surface area contributed by atoms with E-state index in [9.17, 15) is 9.18 Å². The second-order valence-corrected chi connectivity index (χ2v) is 3.74. The fourth-order valence-electron chi connectivity index (χ4n) is 1.51. The Kier molecular flexibility index (Phi) is 5.10. The van der Waals surface area contributed by atoms with Crippen molar-refractivity contribution in [2.75, 3.05) is 13.1 Å². The van der Waals surface area contributed by atoms with E-state index in [4.69, 9.17) is 10.9 Å². The highest BCUT2D eigenvalue weighted by molar-refractivity contribution is 5.94. The van der Waals surface area contributed by atoms with Gasteiger partial charge < -0.3 is 15.8 Å². The Morgan fingerprint density at radius 3 is 2.83 bits per heavy atom. The lowest BCUT2D eigenvalue weighted by atomic mass is 10.2. The van der Waals surface area contributed by atoms with Crippen LogP contribution in [0, 0.1) is 5.82 Å². The first-order valence-electron chi connectivity index (χ1n) is 5.59. The molecule has 0 unspecified atom stereocenters. The summed E-state index contributed by atoms with van der Waals surface area (Å²) in [6, 6.07) is 5.51. The summed E-state index contributed by atoms with van der Waals surface area (Å²) in [6.45, 7) is 2.60. The molecule has 1 aromatic rings. The number of amidine groups is 1. The van der Waals surface area contributed by atoms with Gasteiger partial charge in [0.1, 0.15) is 11.7 Å². The zero-order chi connectivity index (χ0) is 13.5. The van der Waals surface area contributed by atoms with Crippen molar-refractivity contribution in [1.29, 1.82) is 0 Å². The van der Waals surface area contributed by atoms with Gasteiger partial charge in [-0.25, -0.2) is 4.39 Å². The predicted molar refractivity (Wildman–Crippen MR) is 66.0 cm³/mol. The van der Waals surface area contributed by atoms with E-state index < -0.39 is 5.82 Å². The highest BCUT2D eigenvalue weighted by Gasteiger charge is 2.14. The minimum Gasteiger partial charge on any atom is -0.409 e. The monoisotopic (exact) mass is 253 g/mol. The Balaban J connectivity index is 2.73. The van der Waals surface area contributed by atoms with Crippen LogP contribution in [0.5, 0.6) is 0 Å². The number of hydrogen-bond donors (Lipinski definition) is 2. The minimum atomic E-state index is -0.451. The zero-order valence-electron chi connectivity index (χ0n) is 10.1. The molecule has 0 aliphatic rings. The molecule has 0 aliphatic heterocycles. The van der Waals surface area contributed by atoms with Crippen LogP contribution in [0.3, 0.4) is 0 Å². The third-order valence-electron chi connectivity index (χ3n) is 2.51. The van der Waals surface area contributed by atoms with Gasteiger partial charge in [0.25, 0.3) is 5.91 Å². The van der Waals surface area contributed by atoms with Crippen LogP contribution in [0.2, 0.25) is 0 Å². The maximum atomic E-state index is 13.0. The number of amides is 1. The number of hydrogen-bond acceptors (Lipinski definition) is 3. The number of nitrogens with zero attached hydrogens (tertiary/aromatic N) is 2. The Hall–Kier alpha value is -2.11. The maximum Gasteiger partial charge on any atom is 0.253 e. The topological polar surface area (TPSA) is 78.9 Å². The third kappa shape index (κ3) is 3.73. The van der Waals surface area contributed by atoms with Gasteiger partial charge in [-0.05, 0) is 25.1 Å². The molecule has 3 N–H and O–H groups in total. The molecule has 0 heterocycles. The quantitative estimate of drug-likeness (QED) is 0.360. The van der Waals surface area contributed by atoms with Crippen LogP contribution in [0.25, 0.3) is 0 Å². The smallest absolute Gasteiger partial charge is 0.253 e. The number of carbonyl (C=O) groups excluding carboxylic acids is 1. The molecule has 0 radical (unpaired) electrons. The van der Waals surface area contributed by atoms with Gasteiger partial charge in [-0.15, -0.1) is 0 Å². The van der Waals surface area contributed by atoms with E-state index in [-0.39, 0.29) is 23.7 Å². The molecule has 0 aromatic heterocycles. The first-order chi connectivity index (χ1) is 8.58. The van der Waals surface area contributed by atoms with Crippen molar-refractivity contribution in [2.45, 2.75) is 13.3 Å². The van der Waals surface area contributed by atoms with Gasteiger partial charge in [-0.2, -0.15) is 0 Å². The second kappa shape index (κ2) is 6.58. The van der Waals surface area contributed by atoms with Gasteiger partial charge >= 0.3 is 0 Å². The van der Waals surface area contributed by atoms with Crippen molar-refractivity contribution >= 4 is 11.7 Å². The van der Waals surface area contributed by atoms with E-state index in [1.807, 2.05) is 6.92 Å². The van der Waals surface area contributed by atoms with Crippen molar-refractivity contribution in [3.05, 3.63) is 35.6 Å². The Morgan fingerprint density at radius 2 is 2.28 bits per heavy atom. The summed E-state index contributed by atoms with van der Waals surface area (Å²) in [6.07, 6.45) is 0.269. The van der Waals surface area contributed by atoms with Gasteiger partial charge in [-0.1, -0.05) is 11.2 Å². The van der Waals surface area contributed by atoms with Crippen molar-refractivity contribution in [3.63, 3.8) is 0 Å². The summed E-state index contributed by atoms with van der Waals surface area (Å²) in [5.41, 5.74) is 5.63. The lowest BCUT2D eigenvalue weighted by Crippen LogP contribution is -2.34. The molecule has 0 fully saturated rings. The van der Waals surface area contributed by atoms with Gasteiger partial charge in [0.15, 0.2) is 0 Å². The summed E-state index contributed by atoms with van der Waals surface area (Å²) in [4.78, 5) is 13.6. The van der Waals surface area contributed by atoms with E-state index >= 15 is 0 Å². The van der Waals surface area contributed by atoms with E-state index in [1.54, 1.807) is 6.07 Å². The van der Waals surface area contributed by atoms with Crippen molar-refractivity contribution in [2.24, 2.45) is 10.9 Å². The van der Waals surface area contributed by atoms with Crippen LogP contribution in [-0.2, 0) is 0 Å². The molecule has 1 aromatic carbocycles. The van der Waals surface area contributed by atoms with E-state index in [0.717, 1.165) is 0 Å². The number of rotatable bonds is 5. The Labute approximate surface area is 105 Å². The number of halogens is 1. The second-order valence-electron chi connectivity index (χ2n) is 3.74. The SMILES string of the molecule is CCN(CCC(N)=NO)C(=O)c1cccc(F)c1. The molecule has 1 rings (SSSR count). The molecule has 0 saturated heterocycles. The summed E-state index contributed by atoms with van der Waals surface area (Å²) >= 11 is 0. The molecule has 5 nitrogen and oxygen atoms in total. The predicted octanol–water partition coefficient (Wildman–Crippen LogP) is 1.42. The van der Waals surface area contributed by atoms with Crippen molar-refractivity contribution < 1.29 is 14.4 Å². The minimum absolute atomic E-state index is 0.0560. The van der Waals surface area contributed by atoms with Crippen LogP contribution in [0.1, 0.15) is 23.7 Å². The van der Waals surface area contributed by atoms with Crippen LogP contribution in [-0.4, -0.2) is 34.9 Å². The third-order valence-corrected chi connectivity index (χ3v) is 2.51. The normalized spacial score (nSPS) is 11.3. The van der Waals surface area contributed by atoms with Gasteiger partial charge in [-0.3, -0.25) is 4.79 Å². The molecule has 0 spiro atoms. The molecule has 0 bridgehead atoms. The number of oxime groups is 1. The molecule has 0 aliphatic carbocycles. The zero-order valence-corrected chi connectivity index (χ0v) is 10.1. The van der Waals surface area contributed by atoms with Crippen LogP contribution < -0.4 is 5.73 Å². The highest BCUT2D eigenvalue weighted by Crippen LogP contribution is 2.08. The average Bonchev–Trinajstić information content (AvgIpc) is 2.38. The Morgan fingerprint density at radius 1 is 1.56 bits per heavy atom. The maximum absolute atomic E-state index is 13.0. The molecule has 98 valence electrons. The van der Waals surface area contributed by atoms with Crippen LogP contribution >= 0.6 is 0 Å². The Bertz CT molecular complexity index is 449. The average molecular weight is 253 g/mol. The summed E-state index contributed by atoms with van der Waals surface area (Å²) in [5.74, 6) is -0.670. The lowest BCUT2D eigenvalue weighted by molar-refractivity contribution is 0.0768. The first-order valence-corrected chi connectivity index (χ1v) is 5.59. The molecule has 6 heteroatoms. The summed E-state index contributed by atoms with van der Waals surface area (Å²) < 4.78 is 13.0. The standard InChI is InChI=1S/C12H16FN3O2/c1-2-16(7-6-11(14)15-18)12(17)9-4-3-5-10(13)8-9/h3-5,8,18H,2,6-7H2,1H3,(H2,14,15). The number of nitrogens with two attached hydrogens (primary N) is 1. The molecule has 0 atom stereocenters.